The molecule has 0 saturated carbocycles. The van der Waals surface area contributed by atoms with E-state index in [1.807, 2.05) is 25.1 Å². The second-order valence-electron chi connectivity index (χ2n) is 3.62. The molecule has 0 saturated heterocycles. The van der Waals surface area contributed by atoms with Crippen molar-refractivity contribution in [3.63, 3.8) is 0 Å². The van der Waals surface area contributed by atoms with Crippen LogP contribution in [0.1, 0.15) is 18.1 Å². The lowest BCUT2D eigenvalue weighted by Gasteiger charge is -2.07. The average Bonchev–Trinajstić information content (AvgIpc) is 2.22. The molecule has 0 N–H and O–H groups in total. The van der Waals surface area contributed by atoms with Crippen molar-refractivity contribution in [3.05, 3.63) is 39.3 Å². The molecule has 3 nitrogen and oxygen atoms in total. The number of hydrogen-bond donors (Lipinski definition) is 0. The Hall–Kier alpha value is -1.22. The number of hydrogen-bond acceptors (Lipinski definition) is 2. The van der Waals surface area contributed by atoms with Crippen molar-refractivity contribution in [1.82, 2.24) is 0 Å². The highest BCUT2D eigenvalue weighted by molar-refractivity contribution is 6.31. The summed E-state index contributed by atoms with van der Waals surface area (Å²) in [6.07, 6.45) is 0.491. The lowest BCUT2D eigenvalue weighted by molar-refractivity contribution is -0.121. The van der Waals surface area contributed by atoms with Crippen molar-refractivity contribution in [2.75, 3.05) is 0 Å². The van der Waals surface area contributed by atoms with Gasteiger partial charge in [-0.15, -0.1) is 4.91 Å². The highest BCUT2D eigenvalue weighted by Gasteiger charge is 2.14. The van der Waals surface area contributed by atoms with Crippen LogP contribution >= 0.6 is 11.6 Å². The van der Waals surface area contributed by atoms with Crippen molar-refractivity contribution < 1.29 is 4.79 Å². The third kappa shape index (κ3) is 3.13. The van der Waals surface area contributed by atoms with Gasteiger partial charge >= 0.3 is 0 Å². The smallest absolute Gasteiger partial charge is 0.269 e. The normalized spacial score (nSPS) is 12.2. The Labute approximate surface area is 93.4 Å². The molecule has 0 aliphatic heterocycles. The van der Waals surface area contributed by atoms with E-state index in [1.54, 1.807) is 6.92 Å². The SMILES string of the molecule is Cc1ccc(CC(C)C(=O)N=O)cc1Cl. The van der Waals surface area contributed by atoms with Gasteiger partial charge in [0.1, 0.15) is 0 Å². The number of amides is 1. The third-order valence-electron chi connectivity index (χ3n) is 2.29. The Morgan fingerprint density at radius 3 is 2.73 bits per heavy atom. The van der Waals surface area contributed by atoms with Gasteiger partial charge in [0.2, 0.25) is 0 Å². The quantitative estimate of drug-likeness (QED) is 0.742. The summed E-state index contributed by atoms with van der Waals surface area (Å²) in [5.41, 5.74) is 1.93. The maximum atomic E-state index is 11.0. The van der Waals surface area contributed by atoms with Gasteiger partial charge < -0.3 is 0 Å². The number of halogens is 1. The maximum Gasteiger partial charge on any atom is 0.289 e. The summed E-state index contributed by atoms with van der Waals surface area (Å²) in [4.78, 5) is 21.0. The molecule has 15 heavy (non-hydrogen) atoms. The van der Waals surface area contributed by atoms with Crippen molar-refractivity contribution in [2.24, 2.45) is 11.1 Å². The number of rotatable bonds is 3. The first-order valence-corrected chi connectivity index (χ1v) is 5.04. The molecule has 4 heteroatoms. The monoisotopic (exact) mass is 225 g/mol. The zero-order valence-corrected chi connectivity index (χ0v) is 9.41. The second kappa shape index (κ2) is 5.03. The van der Waals surface area contributed by atoms with E-state index >= 15 is 0 Å². The average molecular weight is 226 g/mol. The van der Waals surface area contributed by atoms with Gasteiger partial charge in [-0.05, 0) is 30.5 Å². The van der Waals surface area contributed by atoms with E-state index in [4.69, 9.17) is 11.6 Å². The number of aryl methyl sites for hydroxylation is 1. The molecule has 0 bridgehead atoms. The molecule has 0 spiro atoms. The van der Waals surface area contributed by atoms with Gasteiger partial charge in [0, 0.05) is 16.1 Å². The third-order valence-corrected chi connectivity index (χ3v) is 2.70. The summed E-state index contributed by atoms with van der Waals surface area (Å²) in [7, 11) is 0. The molecule has 0 aliphatic rings. The van der Waals surface area contributed by atoms with Gasteiger partial charge in [0.05, 0.1) is 0 Å². The first-order valence-electron chi connectivity index (χ1n) is 4.67. The minimum atomic E-state index is -0.619. The van der Waals surface area contributed by atoms with Crippen LogP contribution in [0.5, 0.6) is 0 Å². The molecule has 1 aromatic rings. The number of nitrogens with zero attached hydrogens (tertiary/aromatic N) is 1. The molecular formula is C11H12ClNO2. The highest BCUT2D eigenvalue weighted by atomic mass is 35.5. The van der Waals surface area contributed by atoms with Crippen LogP contribution in [0.15, 0.2) is 23.4 Å². The van der Waals surface area contributed by atoms with Crippen LogP contribution in [0, 0.1) is 17.7 Å². The van der Waals surface area contributed by atoms with Crippen LogP contribution in [-0.2, 0) is 11.2 Å². The fraction of sp³-hybridized carbons (Fsp3) is 0.364. The lowest BCUT2D eigenvalue weighted by atomic mass is 10.00. The summed E-state index contributed by atoms with van der Waals surface area (Å²) >= 11 is 5.94. The van der Waals surface area contributed by atoms with E-state index < -0.39 is 5.91 Å². The Balaban J connectivity index is 2.77. The molecule has 1 aromatic carbocycles. The van der Waals surface area contributed by atoms with Crippen LogP contribution in [0.25, 0.3) is 0 Å². The zero-order valence-electron chi connectivity index (χ0n) is 8.66. The van der Waals surface area contributed by atoms with Crippen LogP contribution in [-0.4, -0.2) is 5.91 Å². The van der Waals surface area contributed by atoms with E-state index in [9.17, 15) is 9.70 Å². The van der Waals surface area contributed by atoms with Crippen molar-refractivity contribution in [3.8, 4) is 0 Å². The van der Waals surface area contributed by atoms with Crippen molar-refractivity contribution >= 4 is 17.5 Å². The van der Waals surface area contributed by atoms with E-state index in [1.165, 1.54) is 0 Å². The summed E-state index contributed by atoms with van der Waals surface area (Å²) in [6.45, 7) is 3.59. The summed E-state index contributed by atoms with van der Waals surface area (Å²) in [6, 6.07) is 5.60. The Kier molecular flexibility index (Phi) is 3.97. The van der Waals surface area contributed by atoms with Gasteiger partial charge in [-0.2, -0.15) is 0 Å². The number of carbonyl (C=O) groups is 1. The number of carbonyl (C=O) groups excluding carboxylic acids is 1. The summed E-state index contributed by atoms with van der Waals surface area (Å²) in [5, 5.41) is 3.08. The minimum Gasteiger partial charge on any atom is -0.269 e. The molecule has 1 atom stereocenters. The van der Waals surface area contributed by atoms with E-state index in [0.29, 0.717) is 11.4 Å². The fourth-order valence-electron chi connectivity index (χ4n) is 1.29. The van der Waals surface area contributed by atoms with Gasteiger partial charge in [-0.3, -0.25) is 4.79 Å². The zero-order chi connectivity index (χ0) is 11.4. The van der Waals surface area contributed by atoms with Crippen LogP contribution in [0.3, 0.4) is 0 Å². The molecule has 0 aromatic heterocycles. The van der Waals surface area contributed by atoms with Crippen molar-refractivity contribution in [2.45, 2.75) is 20.3 Å². The molecular weight excluding hydrogens is 214 g/mol. The number of benzene rings is 1. The molecule has 0 radical (unpaired) electrons. The topological polar surface area (TPSA) is 46.5 Å². The first kappa shape index (κ1) is 11.9. The second-order valence-corrected chi connectivity index (χ2v) is 4.03. The van der Waals surface area contributed by atoms with Gasteiger partial charge in [-0.1, -0.05) is 30.7 Å². The molecule has 1 amide bonds. The summed E-state index contributed by atoms with van der Waals surface area (Å²) < 4.78 is 0. The van der Waals surface area contributed by atoms with Gasteiger partial charge in [0.25, 0.3) is 5.91 Å². The largest absolute Gasteiger partial charge is 0.289 e. The van der Waals surface area contributed by atoms with E-state index in [2.05, 4.69) is 5.18 Å². The minimum absolute atomic E-state index is 0.388. The molecule has 0 aliphatic carbocycles. The molecule has 1 rings (SSSR count). The fourth-order valence-corrected chi connectivity index (χ4v) is 1.50. The molecule has 80 valence electrons. The van der Waals surface area contributed by atoms with Crippen LogP contribution in [0.2, 0.25) is 5.02 Å². The molecule has 0 fully saturated rings. The van der Waals surface area contributed by atoms with Crippen molar-refractivity contribution in [1.29, 1.82) is 0 Å². The standard InChI is InChI=1S/C11H12ClNO2/c1-7-3-4-9(6-10(7)12)5-8(2)11(14)13-15/h3-4,6,8H,5H2,1-2H3. The van der Waals surface area contributed by atoms with Gasteiger partial charge in [0.15, 0.2) is 0 Å². The number of nitroso groups, excluding NO2 is 1. The maximum absolute atomic E-state index is 11.0. The van der Waals surface area contributed by atoms with Gasteiger partial charge in [-0.25, -0.2) is 0 Å². The Morgan fingerprint density at radius 1 is 1.53 bits per heavy atom. The molecule has 0 heterocycles. The predicted octanol–water partition coefficient (Wildman–Crippen LogP) is 3.12. The van der Waals surface area contributed by atoms with Crippen LogP contribution < -0.4 is 0 Å². The van der Waals surface area contributed by atoms with E-state index in [-0.39, 0.29) is 5.92 Å². The lowest BCUT2D eigenvalue weighted by Crippen LogP contribution is -2.10. The predicted molar refractivity (Wildman–Crippen MR) is 59.9 cm³/mol. The molecule has 1 unspecified atom stereocenters. The first-order chi connectivity index (χ1) is 7.04. The highest BCUT2D eigenvalue weighted by Crippen LogP contribution is 2.19. The Bertz CT molecular complexity index is 390. The Morgan fingerprint density at radius 2 is 2.20 bits per heavy atom. The summed E-state index contributed by atoms with van der Waals surface area (Å²) in [5.74, 6) is -1.01. The van der Waals surface area contributed by atoms with E-state index in [0.717, 1.165) is 11.1 Å². The van der Waals surface area contributed by atoms with Crippen LogP contribution in [0.4, 0.5) is 0 Å².